The first-order chi connectivity index (χ1) is 10.6. The van der Waals surface area contributed by atoms with Crippen molar-refractivity contribution in [2.24, 2.45) is 0 Å². The van der Waals surface area contributed by atoms with E-state index < -0.39 is 0 Å². The first kappa shape index (κ1) is 14.9. The Morgan fingerprint density at radius 2 is 1.59 bits per heavy atom. The normalized spacial score (nSPS) is 10.6. The van der Waals surface area contributed by atoms with E-state index in [9.17, 15) is 4.79 Å². The van der Waals surface area contributed by atoms with Gasteiger partial charge in [0, 0.05) is 22.2 Å². The van der Waals surface area contributed by atoms with E-state index in [2.05, 4.69) is 17.4 Å². The van der Waals surface area contributed by atoms with Gasteiger partial charge in [0.05, 0.1) is 0 Å². The topological polar surface area (TPSA) is 29.1 Å². The van der Waals surface area contributed by atoms with Gasteiger partial charge in [0.25, 0.3) is 5.91 Å². The van der Waals surface area contributed by atoms with Crippen LogP contribution in [-0.4, -0.2) is 5.91 Å². The number of hydrogen-bond donors (Lipinski definition) is 1. The Labute approximate surface area is 138 Å². The number of carbonyl (C=O) groups is 1. The maximum atomic E-state index is 12.2. The second-order valence-electron chi connectivity index (χ2n) is 4.98. The molecule has 0 fully saturated rings. The van der Waals surface area contributed by atoms with Crippen LogP contribution in [0.2, 0.25) is 10.0 Å². The fourth-order valence-corrected chi connectivity index (χ4v) is 2.94. The SMILES string of the molecule is O=C(NCc1cccc2ccccc12)c1cc(Cl)cc(Cl)c1. The van der Waals surface area contributed by atoms with E-state index in [0.29, 0.717) is 22.2 Å². The molecule has 0 aliphatic carbocycles. The summed E-state index contributed by atoms with van der Waals surface area (Å²) in [6.45, 7) is 0.449. The number of carbonyl (C=O) groups excluding carboxylic acids is 1. The maximum absolute atomic E-state index is 12.2. The van der Waals surface area contributed by atoms with Crippen molar-refractivity contribution in [2.75, 3.05) is 0 Å². The lowest BCUT2D eigenvalue weighted by Crippen LogP contribution is -2.22. The van der Waals surface area contributed by atoms with Crippen molar-refractivity contribution < 1.29 is 4.79 Å². The molecule has 0 heterocycles. The molecule has 1 amide bonds. The van der Waals surface area contributed by atoms with Crippen LogP contribution in [0.15, 0.2) is 60.7 Å². The van der Waals surface area contributed by atoms with Gasteiger partial charge in [-0.25, -0.2) is 0 Å². The second kappa shape index (κ2) is 6.39. The molecule has 0 aromatic heterocycles. The quantitative estimate of drug-likeness (QED) is 0.713. The van der Waals surface area contributed by atoms with Crippen LogP contribution in [0.4, 0.5) is 0 Å². The summed E-state index contributed by atoms with van der Waals surface area (Å²) >= 11 is 11.9. The van der Waals surface area contributed by atoms with E-state index in [4.69, 9.17) is 23.2 Å². The zero-order valence-corrected chi connectivity index (χ0v) is 13.2. The average Bonchev–Trinajstić information content (AvgIpc) is 2.51. The van der Waals surface area contributed by atoms with E-state index in [0.717, 1.165) is 16.3 Å². The maximum Gasteiger partial charge on any atom is 0.251 e. The van der Waals surface area contributed by atoms with Crippen LogP contribution < -0.4 is 5.32 Å². The van der Waals surface area contributed by atoms with E-state index in [1.165, 1.54) is 0 Å². The summed E-state index contributed by atoms with van der Waals surface area (Å²) in [5.74, 6) is -0.197. The minimum atomic E-state index is -0.197. The molecule has 0 atom stereocenters. The van der Waals surface area contributed by atoms with Crippen molar-refractivity contribution in [3.63, 3.8) is 0 Å². The molecule has 0 aliphatic heterocycles. The van der Waals surface area contributed by atoms with E-state index in [1.807, 2.05) is 30.3 Å². The van der Waals surface area contributed by atoms with Crippen molar-refractivity contribution >= 4 is 39.9 Å². The van der Waals surface area contributed by atoms with Crippen LogP contribution >= 0.6 is 23.2 Å². The Kier molecular flexibility index (Phi) is 4.32. The molecular weight excluding hydrogens is 317 g/mol. The Balaban J connectivity index is 1.80. The third-order valence-electron chi connectivity index (χ3n) is 3.44. The van der Waals surface area contributed by atoms with Crippen LogP contribution in [0, 0.1) is 0 Å². The Bertz CT molecular complexity index is 820. The van der Waals surface area contributed by atoms with Crippen LogP contribution in [0.25, 0.3) is 10.8 Å². The summed E-state index contributed by atoms with van der Waals surface area (Å²) in [6, 6.07) is 18.9. The average molecular weight is 330 g/mol. The number of rotatable bonds is 3. The third-order valence-corrected chi connectivity index (χ3v) is 3.88. The van der Waals surface area contributed by atoms with Gasteiger partial charge in [-0.05, 0) is 34.5 Å². The molecule has 1 N–H and O–H groups in total. The van der Waals surface area contributed by atoms with Crippen molar-refractivity contribution in [3.05, 3.63) is 81.8 Å². The first-order valence-corrected chi connectivity index (χ1v) is 7.60. The lowest BCUT2D eigenvalue weighted by atomic mass is 10.0. The smallest absolute Gasteiger partial charge is 0.251 e. The predicted molar refractivity (Wildman–Crippen MR) is 91.6 cm³/mol. The zero-order chi connectivity index (χ0) is 15.5. The Hall–Kier alpha value is -2.03. The molecule has 0 radical (unpaired) electrons. The molecule has 0 spiro atoms. The fourth-order valence-electron chi connectivity index (χ4n) is 2.41. The molecule has 4 heteroatoms. The highest BCUT2D eigenvalue weighted by Crippen LogP contribution is 2.20. The van der Waals surface area contributed by atoms with E-state index in [1.54, 1.807) is 18.2 Å². The highest BCUT2D eigenvalue weighted by atomic mass is 35.5. The zero-order valence-electron chi connectivity index (χ0n) is 11.6. The Morgan fingerprint density at radius 1 is 0.909 bits per heavy atom. The molecule has 0 saturated heterocycles. The molecule has 0 unspecified atom stereocenters. The predicted octanol–water partition coefficient (Wildman–Crippen LogP) is 5.08. The summed E-state index contributed by atoms with van der Waals surface area (Å²) < 4.78 is 0. The Morgan fingerprint density at radius 3 is 2.36 bits per heavy atom. The lowest BCUT2D eigenvalue weighted by Gasteiger charge is -2.09. The monoisotopic (exact) mass is 329 g/mol. The summed E-state index contributed by atoms with van der Waals surface area (Å²) in [7, 11) is 0. The summed E-state index contributed by atoms with van der Waals surface area (Å²) in [5.41, 5.74) is 1.53. The van der Waals surface area contributed by atoms with Crippen LogP contribution in [-0.2, 0) is 6.54 Å². The van der Waals surface area contributed by atoms with Crippen molar-refractivity contribution in [1.29, 1.82) is 0 Å². The number of benzene rings is 3. The van der Waals surface area contributed by atoms with Gasteiger partial charge in [-0.2, -0.15) is 0 Å². The minimum Gasteiger partial charge on any atom is -0.348 e. The first-order valence-electron chi connectivity index (χ1n) is 6.84. The lowest BCUT2D eigenvalue weighted by molar-refractivity contribution is 0.0951. The van der Waals surface area contributed by atoms with Crippen LogP contribution in [0.3, 0.4) is 0 Å². The third kappa shape index (κ3) is 3.24. The molecule has 22 heavy (non-hydrogen) atoms. The highest BCUT2D eigenvalue weighted by molar-refractivity contribution is 6.35. The molecule has 0 bridgehead atoms. The number of amides is 1. The molecule has 0 saturated carbocycles. The number of fused-ring (bicyclic) bond motifs is 1. The van der Waals surface area contributed by atoms with Crippen molar-refractivity contribution in [3.8, 4) is 0 Å². The fraction of sp³-hybridized carbons (Fsp3) is 0.0556. The summed E-state index contributed by atoms with van der Waals surface area (Å²) in [5, 5.41) is 6.09. The van der Waals surface area contributed by atoms with Gasteiger partial charge in [-0.15, -0.1) is 0 Å². The number of hydrogen-bond acceptors (Lipinski definition) is 1. The van der Waals surface area contributed by atoms with Gasteiger partial charge in [-0.1, -0.05) is 65.7 Å². The molecular formula is C18H13Cl2NO. The molecule has 3 aromatic carbocycles. The van der Waals surface area contributed by atoms with E-state index in [-0.39, 0.29) is 5.91 Å². The van der Waals surface area contributed by atoms with Crippen molar-refractivity contribution in [1.82, 2.24) is 5.32 Å². The number of nitrogens with one attached hydrogen (secondary N) is 1. The molecule has 2 nitrogen and oxygen atoms in total. The minimum absolute atomic E-state index is 0.197. The van der Waals surface area contributed by atoms with Crippen LogP contribution in [0.1, 0.15) is 15.9 Å². The van der Waals surface area contributed by atoms with Gasteiger partial charge in [0.1, 0.15) is 0 Å². The second-order valence-corrected chi connectivity index (χ2v) is 5.85. The molecule has 0 aliphatic rings. The molecule has 3 aromatic rings. The van der Waals surface area contributed by atoms with Gasteiger partial charge < -0.3 is 5.32 Å². The number of halogens is 2. The highest BCUT2D eigenvalue weighted by Gasteiger charge is 2.08. The molecule has 110 valence electrons. The van der Waals surface area contributed by atoms with Gasteiger partial charge in [0.2, 0.25) is 0 Å². The molecule has 3 rings (SSSR count). The van der Waals surface area contributed by atoms with Crippen molar-refractivity contribution in [2.45, 2.75) is 6.54 Å². The largest absolute Gasteiger partial charge is 0.348 e. The van der Waals surface area contributed by atoms with Gasteiger partial charge in [-0.3, -0.25) is 4.79 Å². The van der Waals surface area contributed by atoms with E-state index >= 15 is 0 Å². The summed E-state index contributed by atoms with van der Waals surface area (Å²) in [6.07, 6.45) is 0. The van der Waals surface area contributed by atoms with Crippen LogP contribution in [0.5, 0.6) is 0 Å². The van der Waals surface area contributed by atoms with Gasteiger partial charge in [0.15, 0.2) is 0 Å². The summed E-state index contributed by atoms with van der Waals surface area (Å²) in [4.78, 5) is 12.2. The van der Waals surface area contributed by atoms with Gasteiger partial charge >= 0.3 is 0 Å². The standard InChI is InChI=1S/C18H13Cl2NO/c19-15-8-14(9-16(20)10-15)18(22)21-11-13-6-3-5-12-4-1-2-7-17(12)13/h1-10H,11H2,(H,21,22).